The summed E-state index contributed by atoms with van der Waals surface area (Å²) in [4.78, 5) is 14.0. The Morgan fingerprint density at radius 2 is 1.73 bits per heavy atom. The average Bonchev–Trinajstić information content (AvgIpc) is 2.44. The number of likely N-dealkylation sites (tertiary alicyclic amines) is 1. The van der Waals surface area contributed by atoms with E-state index in [0.717, 1.165) is 25.9 Å². The van der Waals surface area contributed by atoms with Crippen LogP contribution in [0, 0.1) is 5.41 Å². The summed E-state index contributed by atoms with van der Waals surface area (Å²) in [5.41, 5.74) is 1.54. The van der Waals surface area contributed by atoms with Crippen LogP contribution in [0.4, 0.5) is 4.79 Å². The van der Waals surface area contributed by atoms with Crippen LogP contribution in [-0.2, 0) is 4.74 Å². The fraction of sp³-hybridized carbons (Fsp3) is 0.632. The third kappa shape index (κ3) is 3.29. The monoisotopic (exact) mass is 301 g/mol. The molecule has 1 saturated carbocycles. The number of amides is 1. The van der Waals surface area contributed by atoms with Crippen LogP contribution in [0.15, 0.2) is 30.3 Å². The topological polar surface area (TPSA) is 29.5 Å². The molecule has 3 nitrogen and oxygen atoms in total. The molecule has 1 saturated heterocycles. The Bertz CT molecular complexity index is 516. The number of piperidine rings is 1. The first-order valence-corrected chi connectivity index (χ1v) is 8.40. The van der Waals surface area contributed by atoms with Crippen molar-refractivity contribution in [3.63, 3.8) is 0 Å². The van der Waals surface area contributed by atoms with Crippen molar-refractivity contribution in [2.45, 2.75) is 58.0 Å². The zero-order valence-electron chi connectivity index (χ0n) is 14.0. The van der Waals surface area contributed by atoms with Gasteiger partial charge in [-0.2, -0.15) is 0 Å². The van der Waals surface area contributed by atoms with Gasteiger partial charge in [-0.05, 0) is 63.4 Å². The van der Waals surface area contributed by atoms with E-state index in [1.165, 1.54) is 18.4 Å². The van der Waals surface area contributed by atoms with E-state index in [-0.39, 0.29) is 6.09 Å². The molecule has 120 valence electrons. The summed E-state index contributed by atoms with van der Waals surface area (Å²) in [5.74, 6) is 0.717. The molecule has 1 aliphatic carbocycles. The summed E-state index contributed by atoms with van der Waals surface area (Å²) >= 11 is 0. The molecule has 1 spiro atoms. The lowest BCUT2D eigenvalue weighted by atomic mass is 9.56. The second kappa shape index (κ2) is 5.60. The van der Waals surface area contributed by atoms with Crippen molar-refractivity contribution < 1.29 is 9.53 Å². The first-order valence-electron chi connectivity index (χ1n) is 8.40. The van der Waals surface area contributed by atoms with Crippen LogP contribution in [0.3, 0.4) is 0 Å². The Labute approximate surface area is 133 Å². The van der Waals surface area contributed by atoms with Crippen molar-refractivity contribution in [1.82, 2.24) is 4.90 Å². The van der Waals surface area contributed by atoms with Crippen LogP contribution in [0.2, 0.25) is 0 Å². The molecule has 0 aromatic heterocycles. The van der Waals surface area contributed by atoms with Gasteiger partial charge in [-0.3, -0.25) is 0 Å². The van der Waals surface area contributed by atoms with Crippen molar-refractivity contribution in [3.05, 3.63) is 35.9 Å². The second-order valence-electron chi connectivity index (χ2n) is 7.98. The second-order valence-corrected chi connectivity index (χ2v) is 7.98. The molecule has 1 heterocycles. The smallest absolute Gasteiger partial charge is 0.410 e. The van der Waals surface area contributed by atoms with Gasteiger partial charge in [0.1, 0.15) is 5.60 Å². The van der Waals surface area contributed by atoms with Crippen molar-refractivity contribution in [1.29, 1.82) is 0 Å². The van der Waals surface area contributed by atoms with E-state index >= 15 is 0 Å². The highest BCUT2D eigenvalue weighted by Crippen LogP contribution is 2.56. The zero-order valence-corrected chi connectivity index (χ0v) is 14.0. The molecule has 1 amide bonds. The molecular weight excluding hydrogens is 274 g/mol. The number of rotatable bonds is 1. The number of carbonyl (C=O) groups excluding carboxylic acids is 1. The van der Waals surface area contributed by atoms with Crippen LogP contribution in [0.25, 0.3) is 0 Å². The number of carbonyl (C=O) groups is 1. The fourth-order valence-electron chi connectivity index (χ4n) is 3.84. The highest BCUT2D eigenvalue weighted by molar-refractivity contribution is 5.68. The Balaban J connectivity index is 1.50. The largest absolute Gasteiger partial charge is 0.444 e. The molecule has 3 heteroatoms. The lowest BCUT2D eigenvalue weighted by molar-refractivity contribution is -0.0121. The van der Waals surface area contributed by atoms with E-state index in [4.69, 9.17) is 4.74 Å². The maximum atomic E-state index is 12.1. The molecule has 0 N–H and O–H groups in total. The lowest BCUT2D eigenvalue weighted by Crippen LogP contribution is -2.49. The minimum atomic E-state index is -0.402. The van der Waals surface area contributed by atoms with Crippen molar-refractivity contribution in [2.24, 2.45) is 5.41 Å². The van der Waals surface area contributed by atoms with Crippen LogP contribution in [0.5, 0.6) is 0 Å². The van der Waals surface area contributed by atoms with E-state index in [1.807, 2.05) is 25.7 Å². The molecule has 1 aromatic rings. The summed E-state index contributed by atoms with van der Waals surface area (Å²) in [6, 6.07) is 10.8. The number of ether oxygens (including phenoxy) is 1. The fourth-order valence-corrected chi connectivity index (χ4v) is 3.84. The van der Waals surface area contributed by atoms with Crippen LogP contribution < -0.4 is 0 Å². The van der Waals surface area contributed by atoms with Gasteiger partial charge in [-0.15, -0.1) is 0 Å². The lowest BCUT2D eigenvalue weighted by Gasteiger charge is -2.52. The molecule has 22 heavy (non-hydrogen) atoms. The summed E-state index contributed by atoms with van der Waals surface area (Å²) in [6.45, 7) is 7.46. The number of nitrogens with zero attached hydrogens (tertiary/aromatic N) is 1. The Morgan fingerprint density at radius 3 is 2.27 bits per heavy atom. The van der Waals surface area contributed by atoms with Gasteiger partial charge in [0.15, 0.2) is 0 Å². The maximum absolute atomic E-state index is 12.1. The van der Waals surface area contributed by atoms with Crippen LogP contribution >= 0.6 is 0 Å². The Hall–Kier alpha value is -1.51. The predicted octanol–water partition coefficient (Wildman–Crippen LogP) is 4.58. The minimum Gasteiger partial charge on any atom is -0.444 e. The summed E-state index contributed by atoms with van der Waals surface area (Å²) in [7, 11) is 0. The van der Waals surface area contributed by atoms with Gasteiger partial charge in [0.05, 0.1) is 0 Å². The number of benzene rings is 1. The van der Waals surface area contributed by atoms with Gasteiger partial charge in [0, 0.05) is 13.1 Å². The van der Waals surface area contributed by atoms with Gasteiger partial charge in [-0.25, -0.2) is 4.79 Å². The zero-order chi connectivity index (χ0) is 15.8. The van der Waals surface area contributed by atoms with Gasteiger partial charge < -0.3 is 9.64 Å². The molecule has 2 fully saturated rings. The molecule has 1 aromatic carbocycles. The SMILES string of the molecule is CC(C)(C)OC(=O)N1CCC2(CC1)CC(c1ccccc1)C2. The molecule has 3 rings (SSSR count). The molecule has 0 bridgehead atoms. The van der Waals surface area contributed by atoms with E-state index in [0.29, 0.717) is 11.3 Å². The molecule has 0 atom stereocenters. The quantitative estimate of drug-likeness (QED) is 0.759. The minimum absolute atomic E-state index is 0.152. The summed E-state index contributed by atoms with van der Waals surface area (Å²) in [5, 5.41) is 0. The maximum Gasteiger partial charge on any atom is 0.410 e. The Morgan fingerprint density at radius 1 is 1.14 bits per heavy atom. The van der Waals surface area contributed by atoms with E-state index < -0.39 is 5.60 Å². The van der Waals surface area contributed by atoms with Crippen LogP contribution in [0.1, 0.15) is 57.9 Å². The molecule has 1 aliphatic heterocycles. The number of hydrogen-bond acceptors (Lipinski definition) is 2. The predicted molar refractivity (Wildman–Crippen MR) is 87.9 cm³/mol. The molecule has 0 radical (unpaired) electrons. The third-order valence-corrected chi connectivity index (χ3v) is 5.11. The van der Waals surface area contributed by atoms with E-state index in [1.54, 1.807) is 0 Å². The van der Waals surface area contributed by atoms with E-state index in [9.17, 15) is 4.79 Å². The Kier molecular flexibility index (Phi) is 3.92. The summed E-state index contributed by atoms with van der Waals surface area (Å²) in [6.07, 6.45) is 4.64. The normalized spacial score (nSPS) is 21.5. The average molecular weight is 301 g/mol. The first-order chi connectivity index (χ1) is 10.4. The summed E-state index contributed by atoms with van der Waals surface area (Å²) < 4.78 is 5.47. The molecule has 2 aliphatic rings. The van der Waals surface area contributed by atoms with Crippen molar-refractivity contribution in [2.75, 3.05) is 13.1 Å². The van der Waals surface area contributed by atoms with Gasteiger partial charge >= 0.3 is 6.09 Å². The van der Waals surface area contributed by atoms with Gasteiger partial charge in [0.2, 0.25) is 0 Å². The van der Waals surface area contributed by atoms with Gasteiger partial charge in [0.25, 0.3) is 0 Å². The number of hydrogen-bond donors (Lipinski definition) is 0. The molecule has 0 unspecified atom stereocenters. The highest BCUT2D eigenvalue weighted by atomic mass is 16.6. The standard InChI is InChI=1S/C19H27NO2/c1-18(2,3)22-17(21)20-11-9-19(10-12-20)13-16(14-19)15-7-5-4-6-8-15/h4-8,16H,9-14H2,1-3H3. The van der Waals surface area contributed by atoms with Crippen molar-refractivity contribution >= 4 is 6.09 Å². The first kappa shape index (κ1) is 15.4. The molecular formula is C19H27NO2. The van der Waals surface area contributed by atoms with Gasteiger partial charge in [-0.1, -0.05) is 30.3 Å². The van der Waals surface area contributed by atoms with Crippen molar-refractivity contribution in [3.8, 4) is 0 Å². The van der Waals surface area contributed by atoms with E-state index in [2.05, 4.69) is 30.3 Å². The van der Waals surface area contributed by atoms with Crippen LogP contribution in [-0.4, -0.2) is 29.7 Å². The third-order valence-electron chi connectivity index (χ3n) is 5.11. The highest BCUT2D eigenvalue weighted by Gasteiger charge is 2.46.